The first-order valence-corrected chi connectivity index (χ1v) is 6.85. The molecule has 0 fully saturated rings. The smallest absolute Gasteiger partial charge is 0.257 e. The van der Waals surface area contributed by atoms with Crippen LogP contribution in [0.5, 0.6) is 0 Å². The van der Waals surface area contributed by atoms with Gasteiger partial charge in [-0.25, -0.2) is 4.68 Å². The number of carbonyl (C=O) groups is 1. The Hall–Kier alpha value is -1.89. The van der Waals surface area contributed by atoms with Crippen LogP contribution in [0.2, 0.25) is 5.02 Å². The van der Waals surface area contributed by atoms with Gasteiger partial charge in [0.25, 0.3) is 5.91 Å². The van der Waals surface area contributed by atoms with Crippen LogP contribution in [0, 0.1) is 0 Å². The molecule has 0 spiro atoms. The van der Waals surface area contributed by atoms with Crippen molar-refractivity contribution in [2.45, 2.75) is 0 Å². The lowest BCUT2D eigenvalue weighted by atomic mass is 10.3. The predicted molar refractivity (Wildman–Crippen MR) is 78.6 cm³/mol. The largest absolute Gasteiger partial charge is 0.395 e. The molecule has 1 aromatic carbocycles. The summed E-state index contributed by atoms with van der Waals surface area (Å²) in [5, 5.41) is 22.7. The van der Waals surface area contributed by atoms with E-state index in [1.165, 1.54) is 11.1 Å². The second-order valence-electron chi connectivity index (χ2n) is 4.39. The third-order valence-corrected chi connectivity index (χ3v) is 3.20. The molecule has 7 heteroatoms. The van der Waals surface area contributed by atoms with E-state index in [0.717, 1.165) is 5.69 Å². The van der Waals surface area contributed by atoms with Crippen LogP contribution >= 0.6 is 11.6 Å². The molecule has 0 bridgehead atoms. The number of aliphatic hydroxyl groups excluding tert-OH is 2. The summed E-state index contributed by atoms with van der Waals surface area (Å²) in [6.07, 6.45) is 3.06. The van der Waals surface area contributed by atoms with E-state index < -0.39 is 0 Å². The third-order valence-electron chi connectivity index (χ3n) is 2.95. The molecule has 2 rings (SSSR count). The lowest BCUT2D eigenvalue weighted by Crippen LogP contribution is -2.35. The van der Waals surface area contributed by atoms with E-state index >= 15 is 0 Å². The van der Waals surface area contributed by atoms with Crippen molar-refractivity contribution in [2.24, 2.45) is 0 Å². The van der Waals surface area contributed by atoms with E-state index in [0.29, 0.717) is 10.6 Å². The summed E-state index contributed by atoms with van der Waals surface area (Å²) >= 11 is 5.83. The van der Waals surface area contributed by atoms with E-state index in [2.05, 4.69) is 5.10 Å². The van der Waals surface area contributed by atoms with Gasteiger partial charge in [-0.2, -0.15) is 5.10 Å². The summed E-state index contributed by atoms with van der Waals surface area (Å²) in [4.78, 5) is 13.6. The van der Waals surface area contributed by atoms with Crippen LogP contribution in [-0.2, 0) is 0 Å². The Balaban J connectivity index is 2.18. The first-order chi connectivity index (χ1) is 10.2. The molecule has 2 aromatic rings. The Morgan fingerprint density at radius 2 is 1.81 bits per heavy atom. The minimum atomic E-state index is -0.279. The molecule has 0 aliphatic carbocycles. The summed E-state index contributed by atoms with van der Waals surface area (Å²) in [6.45, 7) is 0.0329. The number of amides is 1. The second-order valence-corrected chi connectivity index (χ2v) is 4.83. The molecule has 1 aromatic heterocycles. The summed E-state index contributed by atoms with van der Waals surface area (Å²) < 4.78 is 1.57. The Morgan fingerprint density at radius 1 is 1.19 bits per heavy atom. The second kappa shape index (κ2) is 7.21. The molecule has 0 aliphatic rings. The van der Waals surface area contributed by atoms with Crippen LogP contribution < -0.4 is 0 Å². The maximum absolute atomic E-state index is 12.3. The number of aliphatic hydroxyl groups is 2. The third kappa shape index (κ3) is 3.81. The molecule has 112 valence electrons. The number of nitrogens with zero attached hydrogens (tertiary/aromatic N) is 3. The zero-order chi connectivity index (χ0) is 15.2. The van der Waals surface area contributed by atoms with Crippen LogP contribution in [0.1, 0.15) is 10.4 Å². The standard InChI is InChI=1S/C14H16ClN3O3/c15-12-1-3-13(4-2-12)18-10-11(9-16-18)14(21)17(5-7-19)6-8-20/h1-4,9-10,19-20H,5-8H2. The molecule has 21 heavy (non-hydrogen) atoms. The Kier molecular flexibility index (Phi) is 5.32. The van der Waals surface area contributed by atoms with Gasteiger partial charge < -0.3 is 15.1 Å². The van der Waals surface area contributed by atoms with Crippen molar-refractivity contribution in [3.63, 3.8) is 0 Å². The molecule has 6 nitrogen and oxygen atoms in total. The van der Waals surface area contributed by atoms with Crippen molar-refractivity contribution in [1.82, 2.24) is 14.7 Å². The van der Waals surface area contributed by atoms with Crippen molar-refractivity contribution < 1.29 is 15.0 Å². The van der Waals surface area contributed by atoms with Crippen LogP contribution in [0.25, 0.3) is 5.69 Å². The van der Waals surface area contributed by atoms with Crippen molar-refractivity contribution in [3.05, 3.63) is 47.2 Å². The Bertz CT molecular complexity index is 592. The highest BCUT2D eigenvalue weighted by molar-refractivity contribution is 6.30. The summed E-state index contributed by atoms with van der Waals surface area (Å²) in [5.74, 6) is -0.279. The van der Waals surface area contributed by atoms with Gasteiger partial charge in [0.1, 0.15) is 0 Å². The molecule has 0 unspecified atom stereocenters. The highest BCUT2D eigenvalue weighted by Crippen LogP contribution is 2.14. The molecule has 0 radical (unpaired) electrons. The molecule has 1 heterocycles. The summed E-state index contributed by atoms with van der Waals surface area (Å²) in [7, 11) is 0. The molecular weight excluding hydrogens is 294 g/mol. The Labute approximate surface area is 127 Å². The van der Waals surface area contributed by atoms with E-state index in [1.807, 2.05) is 0 Å². The van der Waals surface area contributed by atoms with Gasteiger partial charge in [-0.15, -0.1) is 0 Å². The van der Waals surface area contributed by atoms with Gasteiger partial charge in [0, 0.05) is 24.3 Å². The number of halogens is 1. The summed E-state index contributed by atoms with van der Waals surface area (Å²) in [6, 6.07) is 7.07. The van der Waals surface area contributed by atoms with Gasteiger partial charge in [0.2, 0.25) is 0 Å². The predicted octanol–water partition coefficient (Wildman–Crippen LogP) is 0.952. The number of carbonyl (C=O) groups excluding carboxylic acids is 1. The topological polar surface area (TPSA) is 78.6 Å². The molecule has 0 saturated carbocycles. The first-order valence-electron chi connectivity index (χ1n) is 6.47. The van der Waals surface area contributed by atoms with Crippen molar-refractivity contribution in [1.29, 1.82) is 0 Å². The summed E-state index contributed by atoms with van der Waals surface area (Å²) in [5.41, 5.74) is 1.18. The van der Waals surface area contributed by atoms with Gasteiger partial charge in [0.05, 0.1) is 30.7 Å². The van der Waals surface area contributed by atoms with Crippen LogP contribution in [0.4, 0.5) is 0 Å². The van der Waals surface area contributed by atoms with E-state index in [1.54, 1.807) is 35.1 Å². The average molecular weight is 310 g/mol. The molecule has 0 saturated heterocycles. The van der Waals surface area contributed by atoms with Gasteiger partial charge in [0.15, 0.2) is 0 Å². The van der Waals surface area contributed by atoms with Crippen molar-refractivity contribution >= 4 is 17.5 Å². The maximum atomic E-state index is 12.3. The van der Waals surface area contributed by atoms with Gasteiger partial charge in [-0.3, -0.25) is 4.79 Å². The molecule has 1 amide bonds. The number of rotatable bonds is 6. The fraction of sp³-hybridized carbons (Fsp3) is 0.286. The quantitative estimate of drug-likeness (QED) is 0.833. The lowest BCUT2D eigenvalue weighted by Gasteiger charge is -2.19. The van der Waals surface area contributed by atoms with Crippen LogP contribution in [0.3, 0.4) is 0 Å². The molecule has 0 aliphatic heterocycles. The van der Waals surface area contributed by atoms with Crippen LogP contribution in [-0.4, -0.2) is 57.1 Å². The number of aromatic nitrogens is 2. The van der Waals surface area contributed by atoms with Gasteiger partial charge >= 0.3 is 0 Å². The van der Waals surface area contributed by atoms with E-state index in [9.17, 15) is 4.79 Å². The molecule has 2 N–H and O–H groups in total. The first kappa shape index (κ1) is 15.5. The van der Waals surface area contributed by atoms with Gasteiger partial charge in [-0.1, -0.05) is 11.6 Å². The SMILES string of the molecule is O=C(c1cnn(-c2ccc(Cl)cc2)c1)N(CCO)CCO. The zero-order valence-corrected chi connectivity index (χ0v) is 12.1. The maximum Gasteiger partial charge on any atom is 0.257 e. The lowest BCUT2D eigenvalue weighted by molar-refractivity contribution is 0.0685. The normalized spacial score (nSPS) is 10.6. The number of benzene rings is 1. The minimum Gasteiger partial charge on any atom is -0.395 e. The van der Waals surface area contributed by atoms with Crippen molar-refractivity contribution in [2.75, 3.05) is 26.3 Å². The fourth-order valence-electron chi connectivity index (χ4n) is 1.91. The molecular formula is C14H16ClN3O3. The van der Waals surface area contributed by atoms with Crippen molar-refractivity contribution in [3.8, 4) is 5.69 Å². The minimum absolute atomic E-state index is 0.156. The van der Waals surface area contributed by atoms with E-state index in [-0.39, 0.29) is 32.2 Å². The van der Waals surface area contributed by atoms with E-state index in [4.69, 9.17) is 21.8 Å². The highest BCUT2D eigenvalue weighted by atomic mass is 35.5. The Morgan fingerprint density at radius 3 is 2.38 bits per heavy atom. The highest BCUT2D eigenvalue weighted by Gasteiger charge is 2.16. The monoisotopic (exact) mass is 309 g/mol. The van der Waals surface area contributed by atoms with Crippen LogP contribution in [0.15, 0.2) is 36.7 Å². The zero-order valence-electron chi connectivity index (χ0n) is 11.3. The number of hydrogen-bond acceptors (Lipinski definition) is 4. The average Bonchev–Trinajstić information content (AvgIpc) is 2.97. The van der Waals surface area contributed by atoms with Gasteiger partial charge in [-0.05, 0) is 24.3 Å². The number of hydrogen-bond donors (Lipinski definition) is 2. The molecule has 0 atom stereocenters. The fourth-order valence-corrected chi connectivity index (χ4v) is 2.03.